The highest BCUT2D eigenvalue weighted by atomic mass is 79.9. The van der Waals surface area contributed by atoms with E-state index in [9.17, 15) is 9.18 Å². The van der Waals surface area contributed by atoms with Gasteiger partial charge in [0.2, 0.25) is 5.91 Å². The summed E-state index contributed by atoms with van der Waals surface area (Å²) in [5, 5.41) is 0.893. The number of aromatic nitrogens is 1. The number of carbonyl (C=O) groups excluding carboxylic acids is 1. The summed E-state index contributed by atoms with van der Waals surface area (Å²) >= 11 is 3.18. The van der Waals surface area contributed by atoms with E-state index in [4.69, 9.17) is 5.73 Å². The molecule has 116 valence electrons. The van der Waals surface area contributed by atoms with E-state index in [1.165, 1.54) is 6.07 Å². The minimum absolute atomic E-state index is 0.290. The van der Waals surface area contributed by atoms with Crippen molar-refractivity contribution in [2.24, 2.45) is 5.73 Å². The highest BCUT2D eigenvalue weighted by molar-refractivity contribution is 9.10. The van der Waals surface area contributed by atoms with Crippen molar-refractivity contribution in [3.8, 4) is 0 Å². The summed E-state index contributed by atoms with van der Waals surface area (Å²) in [7, 11) is 0. The number of primary amides is 1. The molecule has 0 aliphatic carbocycles. The van der Waals surface area contributed by atoms with E-state index in [-0.39, 0.29) is 18.3 Å². The predicted octanol–water partition coefficient (Wildman–Crippen LogP) is 1.74. The monoisotopic (exact) mass is 366 g/mol. The number of nitrogens with zero attached hydrogens (tertiary/aromatic N) is 3. The number of benzene rings is 1. The maximum Gasteiger partial charge on any atom is 0.231 e. The van der Waals surface area contributed by atoms with Gasteiger partial charge in [-0.05, 0) is 34.1 Å². The molecule has 22 heavy (non-hydrogen) atoms. The number of rotatable bonds is 3. The molecule has 2 aromatic rings. The number of hydrogen-bond acceptors (Lipinski definition) is 4. The second-order valence-corrected chi connectivity index (χ2v) is 6.21. The summed E-state index contributed by atoms with van der Waals surface area (Å²) in [6, 6.07) is 7.05. The lowest BCUT2D eigenvalue weighted by atomic mass is 10.2. The molecule has 1 fully saturated rings. The van der Waals surface area contributed by atoms with Crippen molar-refractivity contribution >= 4 is 38.6 Å². The van der Waals surface area contributed by atoms with Crippen LogP contribution in [0.3, 0.4) is 0 Å². The van der Waals surface area contributed by atoms with Crippen molar-refractivity contribution in [2.75, 3.05) is 37.6 Å². The fourth-order valence-electron chi connectivity index (χ4n) is 2.64. The van der Waals surface area contributed by atoms with Gasteiger partial charge >= 0.3 is 0 Å². The van der Waals surface area contributed by atoms with E-state index in [0.717, 1.165) is 37.4 Å². The van der Waals surface area contributed by atoms with Crippen LogP contribution in [0.5, 0.6) is 0 Å². The number of piperazine rings is 1. The maximum atomic E-state index is 13.6. The summed E-state index contributed by atoms with van der Waals surface area (Å²) in [6.07, 6.45) is 0. The third-order valence-corrected chi connectivity index (χ3v) is 4.40. The Labute approximate surface area is 136 Å². The second-order valence-electron chi connectivity index (χ2n) is 5.36. The van der Waals surface area contributed by atoms with Gasteiger partial charge in [-0.2, -0.15) is 0 Å². The molecule has 0 unspecified atom stereocenters. The van der Waals surface area contributed by atoms with Crippen LogP contribution in [0.4, 0.5) is 10.2 Å². The molecule has 1 aromatic carbocycles. The fraction of sp³-hybridized carbons (Fsp3) is 0.333. The van der Waals surface area contributed by atoms with Gasteiger partial charge in [0.1, 0.15) is 11.6 Å². The van der Waals surface area contributed by atoms with Crippen LogP contribution in [-0.2, 0) is 4.79 Å². The first kappa shape index (κ1) is 15.2. The highest BCUT2D eigenvalue weighted by Gasteiger charge is 2.19. The lowest BCUT2D eigenvalue weighted by molar-refractivity contribution is -0.119. The third kappa shape index (κ3) is 3.20. The number of hydrogen-bond donors (Lipinski definition) is 1. The summed E-state index contributed by atoms with van der Waals surface area (Å²) < 4.78 is 14.1. The molecule has 1 aliphatic rings. The average Bonchev–Trinajstić information content (AvgIpc) is 2.48. The molecule has 7 heteroatoms. The minimum Gasteiger partial charge on any atom is -0.369 e. The molecular weight excluding hydrogens is 351 g/mol. The molecule has 0 saturated carbocycles. The van der Waals surface area contributed by atoms with Gasteiger partial charge in [0.05, 0.1) is 16.5 Å². The average molecular weight is 367 g/mol. The Balaban J connectivity index is 1.77. The van der Waals surface area contributed by atoms with E-state index in [1.54, 1.807) is 6.07 Å². The summed E-state index contributed by atoms with van der Waals surface area (Å²) in [5.41, 5.74) is 5.85. The maximum absolute atomic E-state index is 13.6. The van der Waals surface area contributed by atoms with Crippen molar-refractivity contribution in [1.29, 1.82) is 0 Å². The summed E-state index contributed by atoms with van der Waals surface area (Å²) in [4.78, 5) is 19.6. The van der Waals surface area contributed by atoms with E-state index >= 15 is 0 Å². The standard InChI is InChI=1S/C15H16BrFN4O/c16-11-7-10-1-2-15(19-13(10)8-12(11)17)21-5-3-20(4-6-21)9-14(18)22/h1-2,7-8H,3-6,9H2,(H2,18,22). The van der Waals surface area contributed by atoms with Crippen molar-refractivity contribution in [1.82, 2.24) is 9.88 Å². The number of fused-ring (bicyclic) bond motifs is 1. The molecule has 1 saturated heterocycles. The Morgan fingerprint density at radius 2 is 2.00 bits per heavy atom. The topological polar surface area (TPSA) is 62.5 Å². The first-order valence-electron chi connectivity index (χ1n) is 7.04. The van der Waals surface area contributed by atoms with Crippen LogP contribution in [0, 0.1) is 5.82 Å². The van der Waals surface area contributed by atoms with Gasteiger partial charge in [-0.3, -0.25) is 9.69 Å². The number of pyridine rings is 1. The van der Waals surface area contributed by atoms with E-state index < -0.39 is 0 Å². The summed E-state index contributed by atoms with van der Waals surface area (Å²) in [5.74, 6) is 0.203. The molecule has 2 heterocycles. The molecule has 0 bridgehead atoms. The lowest BCUT2D eigenvalue weighted by Gasteiger charge is -2.34. The molecule has 1 aromatic heterocycles. The number of halogens is 2. The molecule has 0 spiro atoms. The van der Waals surface area contributed by atoms with Gasteiger partial charge in [-0.25, -0.2) is 9.37 Å². The van der Waals surface area contributed by atoms with Crippen LogP contribution in [0.25, 0.3) is 10.9 Å². The van der Waals surface area contributed by atoms with Crippen LogP contribution in [-0.4, -0.2) is 48.5 Å². The van der Waals surface area contributed by atoms with Crippen LogP contribution < -0.4 is 10.6 Å². The zero-order valence-electron chi connectivity index (χ0n) is 11.9. The van der Waals surface area contributed by atoms with Gasteiger partial charge < -0.3 is 10.6 Å². The smallest absolute Gasteiger partial charge is 0.231 e. The van der Waals surface area contributed by atoms with Gasteiger partial charge in [0.15, 0.2) is 0 Å². The normalized spacial score (nSPS) is 16.2. The number of carbonyl (C=O) groups is 1. The van der Waals surface area contributed by atoms with E-state index in [0.29, 0.717) is 9.99 Å². The molecular formula is C15H16BrFN4O. The van der Waals surface area contributed by atoms with Crippen LogP contribution in [0.15, 0.2) is 28.7 Å². The molecule has 3 rings (SSSR count). The SMILES string of the molecule is NC(=O)CN1CCN(c2ccc3cc(Br)c(F)cc3n2)CC1. The molecule has 0 atom stereocenters. The Hall–Kier alpha value is -1.73. The molecule has 1 aliphatic heterocycles. The first-order valence-corrected chi connectivity index (χ1v) is 7.83. The molecule has 5 nitrogen and oxygen atoms in total. The third-order valence-electron chi connectivity index (χ3n) is 3.79. The number of amides is 1. The van der Waals surface area contributed by atoms with Gasteiger partial charge in [-0.1, -0.05) is 0 Å². The van der Waals surface area contributed by atoms with Crippen molar-refractivity contribution in [2.45, 2.75) is 0 Å². The molecule has 2 N–H and O–H groups in total. The zero-order valence-corrected chi connectivity index (χ0v) is 13.5. The van der Waals surface area contributed by atoms with E-state index in [2.05, 4.69) is 25.8 Å². The van der Waals surface area contributed by atoms with Gasteiger partial charge in [0, 0.05) is 37.6 Å². The van der Waals surface area contributed by atoms with Crippen LogP contribution in [0.1, 0.15) is 0 Å². The fourth-order valence-corrected chi connectivity index (χ4v) is 3.00. The van der Waals surface area contributed by atoms with Gasteiger partial charge in [0.25, 0.3) is 0 Å². The molecule has 0 radical (unpaired) electrons. The minimum atomic E-state index is -0.316. The predicted molar refractivity (Wildman–Crippen MR) is 87.2 cm³/mol. The number of anilines is 1. The van der Waals surface area contributed by atoms with Crippen molar-refractivity contribution in [3.05, 3.63) is 34.6 Å². The quantitative estimate of drug-likeness (QED) is 0.898. The number of nitrogens with two attached hydrogens (primary N) is 1. The Morgan fingerprint density at radius 1 is 1.27 bits per heavy atom. The highest BCUT2D eigenvalue weighted by Crippen LogP contribution is 2.25. The summed E-state index contributed by atoms with van der Waals surface area (Å²) in [6.45, 7) is 3.35. The zero-order chi connectivity index (χ0) is 15.7. The van der Waals surface area contributed by atoms with Gasteiger partial charge in [-0.15, -0.1) is 0 Å². The second kappa shape index (κ2) is 6.18. The van der Waals surface area contributed by atoms with Crippen LogP contribution >= 0.6 is 15.9 Å². The van der Waals surface area contributed by atoms with E-state index in [1.807, 2.05) is 17.0 Å². The Morgan fingerprint density at radius 3 is 2.68 bits per heavy atom. The first-order chi connectivity index (χ1) is 10.5. The van der Waals surface area contributed by atoms with Crippen molar-refractivity contribution in [3.63, 3.8) is 0 Å². The largest absolute Gasteiger partial charge is 0.369 e. The molecule has 1 amide bonds. The van der Waals surface area contributed by atoms with Crippen LogP contribution in [0.2, 0.25) is 0 Å². The Kier molecular flexibility index (Phi) is 4.26. The Bertz CT molecular complexity index is 716. The van der Waals surface area contributed by atoms with Crippen molar-refractivity contribution < 1.29 is 9.18 Å². The lowest BCUT2D eigenvalue weighted by Crippen LogP contribution is -2.49.